The summed E-state index contributed by atoms with van der Waals surface area (Å²) in [6.45, 7) is 3.76. The van der Waals surface area contributed by atoms with E-state index in [2.05, 4.69) is 0 Å². The second kappa shape index (κ2) is 8.84. The number of carbonyl (C=O) groups is 2. The first-order chi connectivity index (χ1) is 15.7. The molecular formula is C24H25N3O5S. The van der Waals surface area contributed by atoms with E-state index in [9.17, 15) is 18.0 Å². The van der Waals surface area contributed by atoms with E-state index < -0.39 is 9.84 Å². The average Bonchev–Trinajstić information content (AvgIpc) is 3.32. The third-order valence-corrected chi connectivity index (χ3v) is 7.43. The number of amides is 2. The maximum Gasteiger partial charge on any atom is 0.294 e. The lowest BCUT2D eigenvalue weighted by Crippen LogP contribution is -2.51. The summed E-state index contributed by atoms with van der Waals surface area (Å²) in [5.41, 5.74) is 8.19. The van der Waals surface area contributed by atoms with E-state index in [1.54, 1.807) is 46.2 Å². The minimum absolute atomic E-state index is 0.0551. The molecule has 4 rings (SSSR count). The van der Waals surface area contributed by atoms with Crippen molar-refractivity contribution < 1.29 is 22.4 Å². The minimum atomic E-state index is -3.42. The molecule has 1 atom stereocenters. The zero-order valence-corrected chi connectivity index (χ0v) is 19.2. The van der Waals surface area contributed by atoms with E-state index in [-0.39, 0.29) is 40.8 Å². The molecule has 3 aromatic rings. The molecule has 0 saturated heterocycles. The standard InChI is InChI=1S/C24H25N3O5S/c1-16-15-26(24(29)23-4-3-12-32-23)22-14-19(7-10-21(22)27(16)17(2)28)18-5-8-20(9-6-18)33(30,31)13-11-25/h3-10,12,14,16H,11,13,15,25H2,1-2H3. The summed E-state index contributed by atoms with van der Waals surface area (Å²) in [5.74, 6) is -0.314. The van der Waals surface area contributed by atoms with Gasteiger partial charge in [-0.05, 0) is 54.4 Å². The lowest BCUT2D eigenvalue weighted by molar-refractivity contribution is -0.117. The smallest absolute Gasteiger partial charge is 0.294 e. The molecule has 1 unspecified atom stereocenters. The summed E-state index contributed by atoms with van der Waals surface area (Å²) in [4.78, 5) is 29.0. The Kier molecular flexibility index (Phi) is 6.09. The molecule has 2 aromatic carbocycles. The van der Waals surface area contributed by atoms with E-state index in [0.717, 1.165) is 11.1 Å². The largest absolute Gasteiger partial charge is 0.459 e. The van der Waals surface area contributed by atoms with Crippen molar-refractivity contribution in [3.05, 3.63) is 66.6 Å². The zero-order valence-electron chi connectivity index (χ0n) is 18.4. The molecule has 0 aliphatic carbocycles. The van der Waals surface area contributed by atoms with Crippen LogP contribution in [0.2, 0.25) is 0 Å². The molecule has 2 N–H and O–H groups in total. The van der Waals surface area contributed by atoms with E-state index in [0.29, 0.717) is 17.9 Å². The van der Waals surface area contributed by atoms with Crippen molar-refractivity contribution >= 4 is 33.0 Å². The number of hydrogen-bond acceptors (Lipinski definition) is 6. The van der Waals surface area contributed by atoms with Crippen LogP contribution < -0.4 is 15.5 Å². The van der Waals surface area contributed by atoms with Crippen LogP contribution in [0.25, 0.3) is 11.1 Å². The van der Waals surface area contributed by atoms with E-state index >= 15 is 0 Å². The summed E-state index contributed by atoms with van der Waals surface area (Å²) < 4.78 is 29.8. The third kappa shape index (κ3) is 4.29. The third-order valence-electron chi connectivity index (χ3n) is 5.66. The van der Waals surface area contributed by atoms with Gasteiger partial charge in [0, 0.05) is 20.0 Å². The molecule has 0 fully saturated rings. The summed E-state index contributed by atoms with van der Waals surface area (Å²) in [6, 6.07) is 15.1. The molecule has 1 aromatic heterocycles. The molecule has 2 amide bonds. The summed E-state index contributed by atoms with van der Waals surface area (Å²) in [5, 5.41) is 0. The van der Waals surface area contributed by atoms with Gasteiger partial charge < -0.3 is 20.0 Å². The fourth-order valence-corrected chi connectivity index (χ4v) is 5.23. The number of sulfone groups is 1. The topological polar surface area (TPSA) is 114 Å². The van der Waals surface area contributed by atoms with Crippen LogP contribution in [0.15, 0.2) is 70.2 Å². The predicted molar refractivity (Wildman–Crippen MR) is 126 cm³/mol. The molecule has 0 spiro atoms. The first-order valence-corrected chi connectivity index (χ1v) is 12.2. The van der Waals surface area contributed by atoms with Crippen molar-refractivity contribution in [3.8, 4) is 11.1 Å². The first-order valence-electron chi connectivity index (χ1n) is 10.6. The SMILES string of the molecule is CC(=O)N1c2ccc(-c3ccc(S(=O)(=O)CCN)cc3)cc2N(C(=O)c2ccco2)CC1C. The quantitative estimate of drug-likeness (QED) is 0.617. The van der Waals surface area contributed by atoms with Crippen molar-refractivity contribution in [3.63, 3.8) is 0 Å². The maximum absolute atomic E-state index is 13.2. The molecule has 8 nitrogen and oxygen atoms in total. The van der Waals surface area contributed by atoms with Crippen LogP contribution in [-0.2, 0) is 14.6 Å². The van der Waals surface area contributed by atoms with Gasteiger partial charge in [-0.2, -0.15) is 0 Å². The van der Waals surface area contributed by atoms with Gasteiger partial charge >= 0.3 is 0 Å². The average molecular weight is 468 g/mol. The maximum atomic E-state index is 13.2. The molecule has 0 radical (unpaired) electrons. The van der Waals surface area contributed by atoms with E-state index in [4.69, 9.17) is 10.2 Å². The Bertz CT molecular complexity index is 1280. The number of hydrogen-bond donors (Lipinski definition) is 1. The van der Waals surface area contributed by atoms with Crippen molar-refractivity contribution in [1.29, 1.82) is 0 Å². The first kappa shape index (κ1) is 22.8. The van der Waals surface area contributed by atoms with Gasteiger partial charge in [-0.25, -0.2) is 8.42 Å². The molecule has 0 saturated carbocycles. The Morgan fingerprint density at radius 2 is 1.76 bits per heavy atom. The van der Waals surface area contributed by atoms with Gasteiger partial charge in [-0.3, -0.25) is 9.59 Å². The minimum Gasteiger partial charge on any atom is -0.459 e. The summed E-state index contributed by atoms with van der Waals surface area (Å²) in [7, 11) is -3.42. The van der Waals surface area contributed by atoms with Gasteiger partial charge in [-0.1, -0.05) is 18.2 Å². The van der Waals surface area contributed by atoms with Crippen LogP contribution in [0, 0.1) is 0 Å². The van der Waals surface area contributed by atoms with Crippen LogP contribution in [0.1, 0.15) is 24.4 Å². The fraction of sp³-hybridized carbons (Fsp3) is 0.250. The fourth-order valence-electron chi connectivity index (χ4n) is 4.14. The number of anilines is 2. The van der Waals surface area contributed by atoms with Crippen LogP contribution in [0.4, 0.5) is 11.4 Å². The zero-order chi connectivity index (χ0) is 23.8. The van der Waals surface area contributed by atoms with Gasteiger partial charge in [0.05, 0.1) is 34.3 Å². The van der Waals surface area contributed by atoms with E-state index in [1.807, 2.05) is 25.1 Å². The predicted octanol–water partition coefficient (Wildman–Crippen LogP) is 3.08. The molecule has 2 heterocycles. The van der Waals surface area contributed by atoms with Crippen molar-refractivity contribution in [1.82, 2.24) is 0 Å². The molecule has 1 aliphatic heterocycles. The lowest BCUT2D eigenvalue weighted by Gasteiger charge is -2.40. The van der Waals surface area contributed by atoms with Gasteiger partial charge in [-0.15, -0.1) is 0 Å². The Labute approximate surface area is 192 Å². The second-order valence-corrected chi connectivity index (χ2v) is 10.1. The lowest BCUT2D eigenvalue weighted by atomic mass is 10.0. The highest BCUT2D eigenvalue weighted by Gasteiger charge is 2.35. The molecule has 33 heavy (non-hydrogen) atoms. The number of furan rings is 1. The van der Waals surface area contributed by atoms with Crippen molar-refractivity contribution in [2.24, 2.45) is 5.73 Å². The Balaban J connectivity index is 1.77. The highest BCUT2D eigenvalue weighted by atomic mass is 32.2. The number of fused-ring (bicyclic) bond motifs is 1. The molecule has 1 aliphatic rings. The van der Waals surface area contributed by atoms with E-state index in [1.165, 1.54) is 13.2 Å². The highest BCUT2D eigenvalue weighted by Crippen LogP contribution is 2.39. The molecule has 9 heteroatoms. The van der Waals surface area contributed by atoms with Crippen LogP contribution in [0.3, 0.4) is 0 Å². The Hall–Kier alpha value is -3.43. The van der Waals surface area contributed by atoms with Gasteiger partial charge in [0.25, 0.3) is 5.91 Å². The highest BCUT2D eigenvalue weighted by molar-refractivity contribution is 7.91. The number of nitrogens with zero attached hydrogens (tertiary/aromatic N) is 2. The van der Waals surface area contributed by atoms with Crippen LogP contribution in [-0.4, -0.2) is 45.1 Å². The van der Waals surface area contributed by atoms with Gasteiger partial charge in [0.15, 0.2) is 15.6 Å². The molecule has 172 valence electrons. The van der Waals surface area contributed by atoms with Crippen LogP contribution >= 0.6 is 0 Å². The Morgan fingerprint density at radius 1 is 1.06 bits per heavy atom. The van der Waals surface area contributed by atoms with Gasteiger partial charge in [0.2, 0.25) is 5.91 Å². The number of benzene rings is 2. The number of carbonyl (C=O) groups excluding carboxylic acids is 2. The van der Waals surface area contributed by atoms with Crippen molar-refractivity contribution in [2.45, 2.75) is 24.8 Å². The summed E-state index contributed by atoms with van der Waals surface area (Å²) >= 11 is 0. The number of rotatable bonds is 5. The van der Waals surface area contributed by atoms with Crippen molar-refractivity contribution in [2.75, 3.05) is 28.6 Å². The second-order valence-electron chi connectivity index (χ2n) is 7.97. The monoisotopic (exact) mass is 467 g/mol. The van der Waals surface area contributed by atoms with Crippen LogP contribution in [0.5, 0.6) is 0 Å². The molecule has 0 bridgehead atoms. The van der Waals surface area contributed by atoms with Gasteiger partial charge in [0.1, 0.15) is 0 Å². The Morgan fingerprint density at radius 3 is 2.36 bits per heavy atom. The summed E-state index contributed by atoms with van der Waals surface area (Å²) in [6.07, 6.45) is 1.44. The normalized spacial score (nSPS) is 15.9. The molecular weight excluding hydrogens is 442 g/mol. The number of nitrogens with two attached hydrogens (primary N) is 1.